The number of H-pyrrole nitrogens is 1. The van der Waals surface area contributed by atoms with Crippen LogP contribution >= 0.6 is 12.2 Å². The summed E-state index contributed by atoms with van der Waals surface area (Å²) in [5, 5.41) is 7.35. The van der Waals surface area contributed by atoms with E-state index in [-0.39, 0.29) is 0 Å². The van der Waals surface area contributed by atoms with E-state index in [9.17, 15) is 0 Å². The van der Waals surface area contributed by atoms with Gasteiger partial charge in [0, 0.05) is 12.0 Å². The van der Waals surface area contributed by atoms with Gasteiger partial charge in [-0.1, -0.05) is 32.6 Å². The predicted molar refractivity (Wildman–Crippen MR) is 72.9 cm³/mol. The van der Waals surface area contributed by atoms with E-state index in [0.717, 1.165) is 4.77 Å². The average Bonchev–Trinajstić information content (AvgIpc) is 3.08. The van der Waals surface area contributed by atoms with Crippen LogP contribution < -0.4 is 0 Å². The minimum absolute atomic E-state index is 0.494. The van der Waals surface area contributed by atoms with Gasteiger partial charge in [-0.2, -0.15) is 5.10 Å². The van der Waals surface area contributed by atoms with Crippen molar-refractivity contribution in [2.45, 2.75) is 70.8 Å². The van der Waals surface area contributed by atoms with Gasteiger partial charge in [-0.05, 0) is 38.4 Å². The Morgan fingerprint density at radius 3 is 2.82 bits per heavy atom. The molecule has 1 saturated carbocycles. The van der Waals surface area contributed by atoms with Crippen molar-refractivity contribution in [3.63, 3.8) is 0 Å². The summed E-state index contributed by atoms with van der Waals surface area (Å²) < 4.78 is 3.05. The van der Waals surface area contributed by atoms with Crippen molar-refractivity contribution in [2.24, 2.45) is 0 Å². The second-order valence-electron chi connectivity index (χ2n) is 5.23. The lowest BCUT2D eigenvalue weighted by molar-refractivity contribution is 0.455. The molecule has 3 nitrogen and oxygen atoms in total. The summed E-state index contributed by atoms with van der Waals surface area (Å²) in [7, 11) is 0. The van der Waals surface area contributed by atoms with Crippen molar-refractivity contribution in [3.8, 4) is 0 Å². The van der Waals surface area contributed by atoms with Crippen molar-refractivity contribution in [2.75, 3.05) is 0 Å². The summed E-state index contributed by atoms with van der Waals surface area (Å²) in [5.41, 5.74) is 0. The standard InChI is InChI=1S/C13H23N3S/c1-3-4-5-6-7-10(2)16-12(11-8-9-11)14-15-13(16)17/h10-11H,3-9H2,1-2H3,(H,15,17). The Kier molecular flexibility index (Phi) is 4.37. The fraction of sp³-hybridized carbons (Fsp3) is 0.846. The van der Waals surface area contributed by atoms with Crippen molar-refractivity contribution in [1.29, 1.82) is 0 Å². The maximum Gasteiger partial charge on any atom is 0.195 e. The molecular formula is C13H23N3S. The van der Waals surface area contributed by atoms with Gasteiger partial charge in [0.25, 0.3) is 0 Å². The summed E-state index contributed by atoms with van der Waals surface area (Å²) in [6.45, 7) is 4.52. The summed E-state index contributed by atoms with van der Waals surface area (Å²) in [4.78, 5) is 0. The summed E-state index contributed by atoms with van der Waals surface area (Å²) in [6.07, 6.45) is 9.06. The van der Waals surface area contributed by atoms with Gasteiger partial charge >= 0.3 is 0 Å². The summed E-state index contributed by atoms with van der Waals surface area (Å²) >= 11 is 5.34. The van der Waals surface area contributed by atoms with Crippen molar-refractivity contribution >= 4 is 12.2 Å². The molecule has 0 aromatic carbocycles. The molecule has 1 aromatic heterocycles. The molecule has 1 aliphatic rings. The van der Waals surface area contributed by atoms with E-state index >= 15 is 0 Å². The molecule has 1 unspecified atom stereocenters. The molecule has 1 N–H and O–H groups in total. The van der Waals surface area contributed by atoms with Crippen LogP contribution in [0, 0.1) is 4.77 Å². The molecule has 0 radical (unpaired) electrons. The Balaban J connectivity index is 1.95. The van der Waals surface area contributed by atoms with Gasteiger partial charge in [-0.3, -0.25) is 5.10 Å². The number of aromatic nitrogens is 3. The Morgan fingerprint density at radius 2 is 2.18 bits per heavy atom. The highest BCUT2D eigenvalue weighted by molar-refractivity contribution is 7.71. The quantitative estimate of drug-likeness (QED) is 0.579. The van der Waals surface area contributed by atoms with Crippen LogP contribution in [0.5, 0.6) is 0 Å². The molecule has 1 atom stereocenters. The highest BCUT2D eigenvalue weighted by atomic mass is 32.1. The third-order valence-electron chi connectivity index (χ3n) is 3.59. The number of unbranched alkanes of at least 4 members (excludes halogenated alkanes) is 3. The van der Waals surface area contributed by atoms with E-state index in [0.29, 0.717) is 12.0 Å². The van der Waals surface area contributed by atoms with Crippen molar-refractivity contribution in [1.82, 2.24) is 14.8 Å². The lowest BCUT2D eigenvalue weighted by Crippen LogP contribution is -2.09. The van der Waals surface area contributed by atoms with Gasteiger partial charge in [-0.25, -0.2) is 0 Å². The molecule has 0 amide bonds. The van der Waals surface area contributed by atoms with E-state index in [2.05, 4.69) is 28.6 Å². The van der Waals surface area contributed by atoms with E-state index in [1.807, 2.05) is 0 Å². The minimum Gasteiger partial charge on any atom is -0.301 e. The zero-order valence-corrected chi connectivity index (χ0v) is 11.7. The summed E-state index contributed by atoms with van der Waals surface area (Å²) in [6, 6.07) is 0.494. The first-order chi connectivity index (χ1) is 8.24. The number of nitrogens with zero attached hydrogens (tertiary/aromatic N) is 2. The van der Waals surface area contributed by atoms with Crippen LogP contribution in [-0.4, -0.2) is 14.8 Å². The normalized spacial score (nSPS) is 17.3. The summed E-state index contributed by atoms with van der Waals surface area (Å²) in [5.74, 6) is 1.86. The lowest BCUT2D eigenvalue weighted by atomic mass is 10.1. The van der Waals surface area contributed by atoms with Crippen LogP contribution in [0.2, 0.25) is 0 Å². The number of rotatable bonds is 7. The SMILES string of the molecule is CCCCCCC(C)n1c(C2CC2)n[nH]c1=S. The molecule has 96 valence electrons. The molecule has 0 bridgehead atoms. The first-order valence-corrected chi connectivity index (χ1v) is 7.31. The van der Waals surface area contributed by atoms with E-state index < -0.39 is 0 Å². The molecule has 1 fully saturated rings. The van der Waals surface area contributed by atoms with Gasteiger partial charge in [0.2, 0.25) is 0 Å². The lowest BCUT2D eigenvalue weighted by Gasteiger charge is -2.15. The molecular weight excluding hydrogens is 230 g/mol. The Labute approximate surface area is 109 Å². The maximum absolute atomic E-state index is 5.34. The average molecular weight is 253 g/mol. The smallest absolute Gasteiger partial charge is 0.195 e. The van der Waals surface area contributed by atoms with Crippen LogP contribution in [0.3, 0.4) is 0 Å². The van der Waals surface area contributed by atoms with Crippen LogP contribution in [0.15, 0.2) is 0 Å². The second kappa shape index (κ2) is 5.80. The highest BCUT2D eigenvalue weighted by Crippen LogP contribution is 2.40. The van der Waals surface area contributed by atoms with Gasteiger partial charge in [0.1, 0.15) is 5.82 Å². The molecule has 2 rings (SSSR count). The molecule has 1 heterocycles. The number of aromatic amines is 1. The topological polar surface area (TPSA) is 33.6 Å². The first-order valence-electron chi connectivity index (χ1n) is 6.90. The Morgan fingerprint density at radius 1 is 1.41 bits per heavy atom. The fourth-order valence-electron chi connectivity index (χ4n) is 2.37. The Hall–Kier alpha value is -0.640. The molecule has 0 saturated heterocycles. The third-order valence-corrected chi connectivity index (χ3v) is 3.88. The van der Waals surface area contributed by atoms with Crippen molar-refractivity contribution in [3.05, 3.63) is 10.6 Å². The van der Waals surface area contributed by atoms with Crippen LogP contribution in [-0.2, 0) is 0 Å². The largest absolute Gasteiger partial charge is 0.301 e. The maximum atomic E-state index is 5.34. The molecule has 1 aliphatic carbocycles. The van der Waals surface area contributed by atoms with E-state index in [1.165, 1.54) is 50.8 Å². The number of hydrogen-bond acceptors (Lipinski definition) is 2. The van der Waals surface area contributed by atoms with Gasteiger partial charge in [0.05, 0.1) is 0 Å². The van der Waals surface area contributed by atoms with Crippen LogP contribution in [0.25, 0.3) is 0 Å². The zero-order chi connectivity index (χ0) is 12.3. The first kappa shape index (κ1) is 12.8. The number of nitrogens with one attached hydrogen (secondary N) is 1. The highest BCUT2D eigenvalue weighted by Gasteiger charge is 2.30. The molecule has 0 spiro atoms. The fourth-order valence-corrected chi connectivity index (χ4v) is 2.69. The monoisotopic (exact) mass is 253 g/mol. The van der Waals surface area contributed by atoms with Gasteiger partial charge in [0.15, 0.2) is 4.77 Å². The molecule has 1 aromatic rings. The zero-order valence-electron chi connectivity index (χ0n) is 10.9. The molecule has 4 heteroatoms. The van der Waals surface area contributed by atoms with Gasteiger partial charge < -0.3 is 4.57 Å². The number of hydrogen-bond donors (Lipinski definition) is 1. The van der Waals surface area contributed by atoms with E-state index in [1.54, 1.807) is 0 Å². The predicted octanol–water partition coefficient (Wildman–Crippen LogP) is 4.35. The van der Waals surface area contributed by atoms with E-state index in [4.69, 9.17) is 12.2 Å². The molecule has 0 aliphatic heterocycles. The van der Waals surface area contributed by atoms with Crippen LogP contribution in [0.4, 0.5) is 0 Å². The Bertz CT molecular complexity index is 403. The second-order valence-corrected chi connectivity index (χ2v) is 5.62. The van der Waals surface area contributed by atoms with Crippen molar-refractivity contribution < 1.29 is 0 Å². The molecule has 17 heavy (non-hydrogen) atoms. The minimum atomic E-state index is 0.494. The van der Waals surface area contributed by atoms with Gasteiger partial charge in [-0.15, -0.1) is 0 Å². The van der Waals surface area contributed by atoms with Crippen LogP contribution in [0.1, 0.15) is 76.6 Å². The third kappa shape index (κ3) is 3.18.